The van der Waals surface area contributed by atoms with Gasteiger partial charge in [-0.25, -0.2) is 0 Å². The first-order chi connectivity index (χ1) is 9.64. The summed E-state index contributed by atoms with van der Waals surface area (Å²) in [5.41, 5.74) is 0.786. The van der Waals surface area contributed by atoms with Gasteiger partial charge < -0.3 is 5.11 Å². The topological polar surface area (TPSA) is 40.5 Å². The highest BCUT2D eigenvalue weighted by Gasteiger charge is 2.43. The summed E-state index contributed by atoms with van der Waals surface area (Å²) in [6, 6.07) is 8.42. The number of aliphatic carboxylic acids is 1. The van der Waals surface area contributed by atoms with Gasteiger partial charge in [0.1, 0.15) is 0 Å². The van der Waals surface area contributed by atoms with Crippen molar-refractivity contribution in [2.24, 2.45) is 5.41 Å². The molecule has 3 nitrogen and oxygen atoms in total. The van der Waals surface area contributed by atoms with E-state index in [4.69, 9.17) is 0 Å². The Morgan fingerprint density at radius 2 is 2.25 bits per heavy atom. The van der Waals surface area contributed by atoms with Crippen molar-refractivity contribution < 1.29 is 9.90 Å². The minimum Gasteiger partial charge on any atom is -0.481 e. The first kappa shape index (κ1) is 13.6. The Morgan fingerprint density at radius 3 is 2.95 bits per heavy atom. The molecule has 0 amide bonds. The molecule has 2 aromatic rings. The first-order valence-corrected chi connectivity index (χ1v) is 7.93. The van der Waals surface area contributed by atoms with Gasteiger partial charge in [0.2, 0.25) is 0 Å². The number of benzene rings is 1. The van der Waals surface area contributed by atoms with Crippen molar-refractivity contribution in [1.29, 1.82) is 0 Å². The third-order valence-corrected chi connectivity index (χ3v) is 5.53. The molecule has 1 atom stereocenters. The maximum Gasteiger partial charge on any atom is 0.310 e. The molecule has 1 aromatic carbocycles. The van der Waals surface area contributed by atoms with Crippen LogP contribution in [0.3, 0.4) is 0 Å². The van der Waals surface area contributed by atoms with Gasteiger partial charge in [-0.05, 0) is 41.8 Å². The summed E-state index contributed by atoms with van der Waals surface area (Å²) in [7, 11) is 0. The molecule has 1 saturated heterocycles. The fourth-order valence-electron chi connectivity index (χ4n) is 3.10. The van der Waals surface area contributed by atoms with Crippen LogP contribution in [0.25, 0.3) is 10.1 Å². The highest BCUT2D eigenvalue weighted by Crippen LogP contribution is 2.36. The number of likely N-dealkylation sites (tertiary alicyclic amines) is 1. The van der Waals surface area contributed by atoms with Gasteiger partial charge in [-0.1, -0.05) is 25.1 Å². The molecule has 1 unspecified atom stereocenters. The van der Waals surface area contributed by atoms with Gasteiger partial charge in [0.25, 0.3) is 0 Å². The van der Waals surface area contributed by atoms with Crippen molar-refractivity contribution in [1.82, 2.24) is 4.90 Å². The number of carbonyl (C=O) groups is 1. The van der Waals surface area contributed by atoms with E-state index in [1.54, 1.807) is 11.3 Å². The van der Waals surface area contributed by atoms with Gasteiger partial charge in [0.05, 0.1) is 5.41 Å². The van der Waals surface area contributed by atoms with Gasteiger partial charge in [0.15, 0.2) is 0 Å². The quantitative estimate of drug-likeness (QED) is 0.935. The molecule has 0 saturated carbocycles. The molecule has 3 rings (SSSR count). The van der Waals surface area contributed by atoms with E-state index in [1.165, 1.54) is 15.6 Å². The number of hydrogen-bond acceptors (Lipinski definition) is 3. The number of carboxylic acid groups (broad SMARTS) is 1. The molecule has 1 aliphatic heterocycles. The van der Waals surface area contributed by atoms with Crippen molar-refractivity contribution in [2.45, 2.75) is 26.3 Å². The Kier molecular flexibility index (Phi) is 3.52. The molecule has 1 fully saturated rings. The van der Waals surface area contributed by atoms with E-state index in [0.717, 1.165) is 19.5 Å². The fraction of sp³-hybridized carbons (Fsp3) is 0.438. The van der Waals surface area contributed by atoms with Crippen LogP contribution in [-0.4, -0.2) is 29.1 Å². The van der Waals surface area contributed by atoms with E-state index in [2.05, 4.69) is 34.5 Å². The summed E-state index contributed by atoms with van der Waals surface area (Å²) in [6.07, 6.45) is 1.48. The summed E-state index contributed by atoms with van der Waals surface area (Å²) >= 11 is 1.77. The Labute approximate surface area is 122 Å². The van der Waals surface area contributed by atoms with Crippen LogP contribution >= 0.6 is 11.3 Å². The molecule has 0 aliphatic carbocycles. The van der Waals surface area contributed by atoms with Crippen LogP contribution < -0.4 is 0 Å². The minimum absolute atomic E-state index is 0.536. The fourth-order valence-corrected chi connectivity index (χ4v) is 4.06. The molecule has 20 heavy (non-hydrogen) atoms. The van der Waals surface area contributed by atoms with Crippen LogP contribution in [0.4, 0.5) is 0 Å². The number of hydrogen-bond donors (Lipinski definition) is 1. The largest absolute Gasteiger partial charge is 0.481 e. The van der Waals surface area contributed by atoms with Crippen LogP contribution in [0, 0.1) is 5.41 Å². The molecule has 0 radical (unpaired) electrons. The summed E-state index contributed by atoms with van der Waals surface area (Å²) in [6.45, 7) is 4.39. The third kappa shape index (κ3) is 2.23. The van der Waals surface area contributed by atoms with Crippen molar-refractivity contribution in [3.8, 4) is 0 Å². The number of nitrogens with zero attached hydrogens (tertiary/aromatic N) is 1. The van der Waals surface area contributed by atoms with E-state index in [9.17, 15) is 9.90 Å². The van der Waals surface area contributed by atoms with Crippen LogP contribution in [0.2, 0.25) is 0 Å². The number of carboxylic acids is 1. The van der Waals surface area contributed by atoms with Crippen LogP contribution in [0.15, 0.2) is 29.6 Å². The first-order valence-electron chi connectivity index (χ1n) is 7.05. The molecule has 1 aliphatic rings. The van der Waals surface area contributed by atoms with Crippen LogP contribution in [0.5, 0.6) is 0 Å². The Morgan fingerprint density at radius 1 is 1.45 bits per heavy atom. The Bertz CT molecular complexity index is 636. The lowest BCUT2D eigenvalue weighted by Crippen LogP contribution is -2.33. The molecular formula is C16H19NO2S. The van der Waals surface area contributed by atoms with Gasteiger partial charge >= 0.3 is 5.97 Å². The lowest BCUT2D eigenvalue weighted by Gasteiger charge is -2.23. The van der Waals surface area contributed by atoms with Crippen molar-refractivity contribution in [3.05, 3.63) is 35.2 Å². The number of rotatable bonds is 4. The average molecular weight is 289 g/mol. The van der Waals surface area contributed by atoms with Gasteiger partial charge in [-0.3, -0.25) is 9.69 Å². The van der Waals surface area contributed by atoms with Crippen LogP contribution in [-0.2, 0) is 11.3 Å². The number of thiophene rings is 1. The zero-order valence-electron chi connectivity index (χ0n) is 11.6. The van der Waals surface area contributed by atoms with E-state index in [-0.39, 0.29) is 0 Å². The van der Waals surface area contributed by atoms with E-state index in [0.29, 0.717) is 13.0 Å². The van der Waals surface area contributed by atoms with Crippen LogP contribution in [0.1, 0.15) is 25.3 Å². The molecule has 1 aromatic heterocycles. The molecule has 106 valence electrons. The van der Waals surface area contributed by atoms with E-state index >= 15 is 0 Å². The van der Waals surface area contributed by atoms with Gasteiger partial charge in [0, 0.05) is 17.8 Å². The molecule has 0 spiro atoms. The zero-order valence-corrected chi connectivity index (χ0v) is 12.4. The lowest BCUT2D eigenvalue weighted by atomic mass is 9.84. The maximum absolute atomic E-state index is 11.5. The second-order valence-electron chi connectivity index (χ2n) is 5.66. The summed E-state index contributed by atoms with van der Waals surface area (Å²) in [5, 5.41) is 13.0. The highest BCUT2D eigenvalue weighted by molar-refractivity contribution is 7.17. The summed E-state index contributed by atoms with van der Waals surface area (Å²) < 4.78 is 1.31. The third-order valence-electron chi connectivity index (χ3n) is 4.52. The van der Waals surface area contributed by atoms with E-state index < -0.39 is 11.4 Å². The maximum atomic E-state index is 11.5. The minimum atomic E-state index is -0.641. The second-order valence-corrected chi connectivity index (χ2v) is 6.57. The average Bonchev–Trinajstić information content (AvgIpc) is 3.05. The number of fused-ring (bicyclic) bond motifs is 1. The van der Waals surface area contributed by atoms with Gasteiger partial charge in [-0.15, -0.1) is 11.3 Å². The van der Waals surface area contributed by atoms with E-state index in [1.807, 2.05) is 6.92 Å². The SMILES string of the molecule is CCC1(C(=O)O)CCN(Cc2csc3ccccc23)C1. The normalized spacial score (nSPS) is 23.4. The lowest BCUT2D eigenvalue weighted by molar-refractivity contribution is -0.148. The molecule has 4 heteroatoms. The predicted octanol–water partition coefficient (Wildman–Crippen LogP) is 3.59. The predicted molar refractivity (Wildman–Crippen MR) is 82.1 cm³/mol. The monoisotopic (exact) mass is 289 g/mol. The molecular weight excluding hydrogens is 270 g/mol. The van der Waals surface area contributed by atoms with Crippen molar-refractivity contribution in [2.75, 3.05) is 13.1 Å². The van der Waals surface area contributed by atoms with Gasteiger partial charge in [-0.2, -0.15) is 0 Å². The second kappa shape index (κ2) is 5.19. The van der Waals surface area contributed by atoms with Crippen molar-refractivity contribution in [3.63, 3.8) is 0 Å². The van der Waals surface area contributed by atoms with Crippen molar-refractivity contribution >= 4 is 27.4 Å². The molecule has 1 N–H and O–H groups in total. The highest BCUT2D eigenvalue weighted by atomic mass is 32.1. The summed E-state index contributed by atoms with van der Waals surface area (Å²) in [5.74, 6) is -0.641. The molecule has 0 bridgehead atoms. The Hall–Kier alpha value is -1.39. The molecule has 2 heterocycles. The standard InChI is InChI=1S/C16H19NO2S/c1-2-16(15(18)19)7-8-17(11-16)9-12-10-20-14-6-4-3-5-13(12)14/h3-6,10H,2,7-9,11H2,1H3,(H,18,19). The smallest absolute Gasteiger partial charge is 0.310 e. The zero-order chi connectivity index (χ0) is 14.2. The Balaban J connectivity index is 1.78. The summed E-state index contributed by atoms with van der Waals surface area (Å²) in [4.78, 5) is 13.8.